The highest BCUT2D eigenvalue weighted by atomic mass is 32.2. The largest absolute Gasteiger partial charge is 0.748 e. The number of nitrogens with one attached hydrogen (secondary N) is 3. The molecule has 0 aliphatic carbocycles. The van der Waals surface area contributed by atoms with Crippen LogP contribution in [0.5, 0.6) is 0 Å². The molecule has 4 N–H and O–H groups in total. The second kappa shape index (κ2) is 31.3. The molecule has 0 spiro atoms. The average Bonchev–Trinajstić information content (AvgIpc) is 3.30. The van der Waals surface area contributed by atoms with Gasteiger partial charge in [0.15, 0.2) is 0 Å². The molecule has 2 unspecified atom stereocenters. The van der Waals surface area contributed by atoms with Gasteiger partial charge in [0.1, 0.15) is 18.6 Å². The molecule has 386 valence electrons. The third-order valence-electron chi connectivity index (χ3n) is 11.7. The predicted molar refractivity (Wildman–Crippen MR) is 269 cm³/mol. The molecule has 3 aromatic rings. The molecule has 69 heavy (non-hydrogen) atoms. The minimum absolute atomic E-state index is 0.0303. The number of quaternary nitrogens is 1. The van der Waals surface area contributed by atoms with Crippen molar-refractivity contribution in [2.24, 2.45) is 11.8 Å². The van der Waals surface area contributed by atoms with Gasteiger partial charge in [0.2, 0.25) is 10.0 Å². The van der Waals surface area contributed by atoms with Crippen molar-refractivity contribution in [3.05, 3.63) is 114 Å². The predicted octanol–water partition coefficient (Wildman–Crippen LogP) is 4.16. The van der Waals surface area contributed by atoms with E-state index >= 15 is 0 Å². The quantitative estimate of drug-likeness (QED) is 0.0531. The molecular weight excluding hydrogens is 945 g/mol. The van der Waals surface area contributed by atoms with Crippen LogP contribution in [0, 0.1) is 11.8 Å². The molecule has 0 radical (unpaired) electrons. The number of esters is 2. The zero-order chi connectivity index (χ0) is 50.7. The van der Waals surface area contributed by atoms with Gasteiger partial charge in [0, 0.05) is 24.2 Å². The van der Waals surface area contributed by atoms with Crippen molar-refractivity contribution < 1.29 is 58.3 Å². The maximum absolute atomic E-state index is 12.4. The highest BCUT2D eigenvalue weighted by Gasteiger charge is 2.27. The normalized spacial score (nSPS) is 16.7. The van der Waals surface area contributed by atoms with Gasteiger partial charge in [0.05, 0.1) is 48.4 Å². The van der Waals surface area contributed by atoms with Gasteiger partial charge in [0.25, 0.3) is 10.1 Å². The highest BCUT2D eigenvalue weighted by molar-refractivity contribution is 7.89. The number of hydrogen-bond acceptors (Lipinski definition) is 13. The zero-order valence-electron chi connectivity index (χ0n) is 40.8. The molecule has 2 heterocycles. The summed E-state index contributed by atoms with van der Waals surface area (Å²) in [6.45, 7) is 11.7. The number of nitrogens with zero attached hydrogens (tertiary/aromatic N) is 1. The number of piperidine rings is 1. The van der Waals surface area contributed by atoms with Crippen molar-refractivity contribution in [2.45, 2.75) is 90.6 Å². The Labute approximate surface area is 412 Å². The molecule has 1 fully saturated rings. The second-order valence-electron chi connectivity index (χ2n) is 18.0. The number of hydrogen-bond donors (Lipinski definition) is 4. The van der Waals surface area contributed by atoms with E-state index in [-0.39, 0.29) is 42.2 Å². The van der Waals surface area contributed by atoms with E-state index in [4.69, 9.17) is 14.0 Å². The molecule has 0 aromatic heterocycles. The van der Waals surface area contributed by atoms with Crippen LogP contribution < -0.4 is 14.9 Å². The highest BCUT2D eigenvalue weighted by Crippen LogP contribution is 2.22. The van der Waals surface area contributed by atoms with E-state index in [2.05, 4.69) is 57.4 Å². The van der Waals surface area contributed by atoms with E-state index in [1.54, 1.807) is 6.92 Å². The molecule has 3 atom stereocenters. The van der Waals surface area contributed by atoms with E-state index in [0.717, 1.165) is 70.5 Å². The first kappa shape index (κ1) is 59.3. The first-order chi connectivity index (χ1) is 32.8. The van der Waals surface area contributed by atoms with Gasteiger partial charge in [-0.25, -0.2) is 21.6 Å². The summed E-state index contributed by atoms with van der Waals surface area (Å²) >= 11 is 0. The topological polar surface area (TPSA) is 230 Å². The Morgan fingerprint density at radius 3 is 1.99 bits per heavy atom. The monoisotopic (exact) mass is 1020 g/mol. The van der Waals surface area contributed by atoms with Gasteiger partial charge in [-0.1, -0.05) is 111 Å². The fraction of sp³-hybridized carbons (Fsp3) is 0.560. The van der Waals surface area contributed by atoms with E-state index in [1.807, 2.05) is 68.4 Å². The number of carbonyl (C=O) groups is 2. The van der Waals surface area contributed by atoms with Gasteiger partial charge < -0.3 is 29.1 Å². The van der Waals surface area contributed by atoms with Crippen LogP contribution in [-0.2, 0) is 62.2 Å². The van der Waals surface area contributed by atoms with Crippen LogP contribution in [0.1, 0.15) is 82.4 Å². The minimum Gasteiger partial charge on any atom is -0.748 e. The molecule has 2 aliphatic rings. The molecule has 3 aromatic carbocycles. The molecule has 19 heteroatoms. The molecule has 0 saturated carbocycles. The zero-order valence-corrected chi connectivity index (χ0v) is 43.2. The summed E-state index contributed by atoms with van der Waals surface area (Å²) in [6, 6.07) is 29.0. The van der Waals surface area contributed by atoms with Gasteiger partial charge in [-0.2, -0.15) is 8.42 Å². The van der Waals surface area contributed by atoms with Crippen molar-refractivity contribution in [3.8, 4) is 0 Å². The summed E-state index contributed by atoms with van der Waals surface area (Å²) in [7, 11) is -10.3. The number of rotatable bonds is 25. The fourth-order valence-electron chi connectivity index (χ4n) is 8.25. The summed E-state index contributed by atoms with van der Waals surface area (Å²) in [4.78, 5) is 27.4. The Bertz CT molecular complexity index is 2300. The van der Waals surface area contributed by atoms with E-state index < -0.39 is 48.3 Å². The van der Waals surface area contributed by atoms with Crippen LogP contribution in [0.4, 0.5) is 0 Å². The number of carbonyl (C=O) groups excluding carboxylic acids is 2. The third kappa shape index (κ3) is 26.7. The molecule has 2 aliphatic heterocycles. The van der Waals surface area contributed by atoms with Crippen molar-refractivity contribution in [3.63, 3.8) is 0 Å². The number of benzene rings is 3. The molecular formula is C50H76N4O12S3. The Morgan fingerprint density at radius 2 is 1.42 bits per heavy atom. The van der Waals surface area contributed by atoms with Crippen LogP contribution in [0.15, 0.2) is 97.1 Å². The van der Waals surface area contributed by atoms with E-state index in [1.165, 1.54) is 28.7 Å². The summed E-state index contributed by atoms with van der Waals surface area (Å²) < 4.78 is 98.8. The standard InChI is InChI=1S/C22H36N2O4S.C14H21NO5S.C14H19NO3S/c1-18(2)16-21(22(25)28-3)23-29(26,27)15-7-12-24-13-10-20(11-14-24)17-19-8-5-4-6-9-19;1-2-20-14(16)13(11-12-7-4-3-5-8-12)15-9-6-10-21(17,18)19;16-19(17,18)11-5-10-15-9-4-8-14(12-15)13-6-2-1-3-7-13/h4-6,8-9,18,20-21,23H,7,10-17H2,1-3H3;3-5,7-8,13,15H,2,6,9-11H2,1H3,(H,17,18,19);1-3,6-8H,4-5,9-12H2,(H,16,17,18)/t21-;;/m0../s1. The lowest BCUT2D eigenvalue weighted by molar-refractivity contribution is -0.893. The molecule has 1 saturated heterocycles. The van der Waals surface area contributed by atoms with Gasteiger partial charge in [-0.15, -0.1) is 0 Å². The summed E-state index contributed by atoms with van der Waals surface area (Å²) in [5.74, 6) is -0.546. The van der Waals surface area contributed by atoms with Gasteiger partial charge in [-0.3, -0.25) is 14.1 Å². The lowest BCUT2D eigenvalue weighted by Crippen LogP contribution is -3.12. The molecule has 16 nitrogen and oxygen atoms in total. The Hall–Kier alpha value is -4.05. The fourth-order valence-corrected chi connectivity index (χ4v) is 10.5. The Morgan fingerprint density at radius 1 is 0.812 bits per heavy atom. The van der Waals surface area contributed by atoms with E-state index in [0.29, 0.717) is 38.1 Å². The van der Waals surface area contributed by atoms with Gasteiger partial charge in [-0.05, 0) is 107 Å². The number of ether oxygens (including phenoxy) is 2. The Kier molecular flexibility index (Phi) is 26.9. The lowest BCUT2D eigenvalue weighted by Gasteiger charge is -2.32. The smallest absolute Gasteiger partial charge is 0.323 e. The number of methoxy groups -OCH3 is 1. The van der Waals surface area contributed by atoms with Crippen molar-refractivity contribution in [2.75, 3.05) is 76.8 Å². The first-order valence-corrected chi connectivity index (χ1v) is 28.8. The van der Waals surface area contributed by atoms with Crippen LogP contribution in [0.2, 0.25) is 0 Å². The van der Waals surface area contributed by atoms with Crippen LogP contribution in [0.25, 0.3) is 5.57 Å². The van der Waals surface area contributed by atoms with Crippen molar-refractivity contribution in [1.29, 1.82) is 0 Å². The van der Waals surface area contributed by atoms with Crippen LogP contribution in [-0.4, -0.2) is 140 Å². The molecule has 0 bridgehead atoms. The second-order valence-corrected chi connectivity index (χ2v) is 23.0. The molecule has 0 amide bonds. The molecule has 5 rings (SSSR count). The maximum Gasteiger partial charge on any atom is 0.323 e. The number of sulfonamides is 1. The first-order valence-electron chi connectivity index (χ1n) is 24.0. The van der Waals surface area contributed by atoms with Crippen molar-refractivity contribution >= 4 is 47.8 Å². The van der Waals surface area contributed by atoms with Gasteiger partial charge >= 0.3 is 11.9 Å². The summed E-state index contributed by atoms with van der Waals surface area (Å²) in [6.07, 6.45) is 8.81. The maximum atomic E-state index is 12.4. The van der Waals surface area contributed by atoms with Crippen LogP contribution in [0.3, 0.4) is 0 Å². The Balaban J connectivity index is 0.000000282. The minimum atomic E-state index is -4.07. The number of likely N-dealkylation sites (tertiary alicyclic amines) is 1. The lowest BCUT2D eigenvalue weighted by atomic mass is 9.90. The summed E-state index contributed by atoms with van der Waals surface area (Å²) in [5, 5.41) is 2.98. The SMILES string of the molecule is CCOC(=O)C(Cc1ccccc1)NCCCS(=O)(=O)O.COC(=O)[C@H](CC(C)C)NS(=O)(=O)CCCN1CCC(Cc2ccccc2)CC1.O=S(=O)([O-])CCC[NH+]1CCC=C(c2ccccc2)C1. The van der Waals surface area contributed by atoms with Crippen molar-refractivity contribution in [1.82, 2.24) is 14.9 Å². The summed E-state index contributed by atoms with van der Waals surface area (Å²) in [5.41, 5.74) is 4.92. The third-order valence-corrected chi connectivity index (χ3v) is 14.8. The van der Waals surface area contributed by atoms with E-state index in [9.17, 15) is 39.4 Å². The average molecular weight is 1020 g/mol. The van der Waals surface area contributed by atoms with Crippen LogP contribution >= 0.6 is 0 Å².